The van der Waals surface area contributed by atoms with Crippen molar-refractivity contribution in [2.45, 2.75) is 50.5 Å². The minimum atomic E-state index is -4.70. The third-order valence-corrected chi connectivity index (χ3v) is 9.05. The van der Waals surface area contributed by atoms with Gasteiger partial charge in [-0.25, -0.2) is 27.7 Å². The predicted molar refractivity (Wildman–Crippen MR) is 148 cm³/mol. The number of nitrogens with one attached hydrogen (secondary N) is 2. The van der Waals surface area contributed by atoms with Crippen molar-refractivity contribution in [3.05, 3.63) is 53.1 Å². The van der Waals surface area contributed by atoms with E-state index in [2.05, 4.69) is 25.6 Å². The van der Waals surface area contributed by atoms with Crippen LogP contribution in [0.5, 0.6) is 0 Å². The number of ether oxygens (including phenoxy) is 1. The highest BCUT2D eigenvalue weighted by molar-refractivity contribution is 7.88. The van der Waals surface area contributed by atoms with Crippen molar-refractivity contribution >= 4 is 27.6 Å². The van der Waals surface area contributed by atoms with Gasteiger partial charge in [-0.1, -0.05) is 23.7 Å². The second kappa shape index (κ2) is 12.2. The number of alkyl halides is 3. The minimum Gasteiger partial charge on any atom is -0.381 e. The Morgan fingerprint density at radius 3 is 2.51 bits per heavy atom. The largest absolute Gasteiger partial charge is 0.420 e. The Hall–Kier alpha value is -2.78. The lowest BCUT2D eigenvalue weighted by molar-refractivity contribution is -0.137. The van der Waals surface area contributed by atoms with E-state index in [4.69, 9.17) is 16.3 Å². The molecule has 0 bridgehead atoms. The number of sulfonamides is 1. The first kappa shape index (κ1) is 29.7. The lowest BCUT2D eigenvalue weighted by Crippen LogP contribution is -2.42. The quantitative estimate of drug-likeness (QED) is 0.390. The van der Waals surface area contributed by atoms with Crippen LogP contribution in [0.3, 0.4) is 0 Å². The summed E-state index contributed by atoms with van der Waals surface area (Å²) >= 11 is 6.72. The maximum absolute atomic E-state index is 13.9. The maximum atomic E-state index is 13.9. The summed E-state index contributed by atoms with van der Waals surface area (Å²) in [5, 5.41) is 7.02. The smallest absolute Gasteiger partial charge is 0.381 e. The molecular weight excluding hydrogens is 583 g/mol. The van der Waals surface area contributed by atoms with Gasteiger partial charge < -0.3 is 19.9 Å². The molecule has 41 heavy (non-hydrogen) atoms. The summed E-state index contributed by atoms with van der Waals surface area (Å²) in [6, 6.07) is 5.65. The SMILES string of the molecule is CS(=O)(=O)N1CCC(Nc2ncc(C(F)(F)F)c(-c3cn(-c4cccc(CNC5CCOCC5)c4Cl)cn3)n2)CC1. The van der Waals surface area contributed by atoms with Crippen LogP contribution in [0.4, 0.5) is 19.1 Å². The maximum Gasteiger partial charge on any atom is 0.420 e. The summed E-state index contributed by atoms with van der Waals surface area (Å²) in [5.74, 6) is 0.0135. The zero-order valence-corrected chi connectivity index (χ0v) is 23.9. The van der Waals surface area contributed by atoms with Crippen molar-refractivity contribution in [1.82, 2.24) is 29.1 Å². The van der Waals surface area contributed by atoms with Crippen molar-refractivity contribution < 1.29 is 26.3 Å². The molecule has 0 amide bonds. The first-order valence-electron chi connectivity index (χ1n) is 13.3. The molecule has 2 aromatic heterocycles. The van der Waals surface area contributed by atoms with E-state index in [1.807, 2.05) is 12.1 Å². The van der Waals surface area contributed by atoms with Crippen LogP contribution in [0.2, 0.25) is 5.02 Å². The number of benzene rings is 1. The van der Waals surface area contributed by atoms with E-state index in [0.717, 1.165) is 30.9 Å². The molecule has 2 fully saturated rings. The van der Waals surface area contributed by atoms with E-state index in [1.54, 1.807) is 10.6 Å². The van der Waals surface area contributed by atoms with Crippen LogP contribution in [-0.4, -0.2) is 76.9 Å². The molecule has 2 saturated heterocycles. The fourth-order valence-electron chi connectivity index (χ4n) is 5.00. The van der Waals surface area contributed by atoms with Gasteiger partial charge in [0.2, 0.25) is 16.0 Å². The van der Waals surface area contributed by atoms with Gasteiger partial charge in [-0.05, 0) is 37.3 Å². The van der Waals surface area contributed by atoms with E-state index >= 15 is 0 Å². The molecule has 0 radical (unpaired) electrons. The van der Waals surface area contributed by atoms with Crippen molar-refractivity contribution in [3.63, 3.8) is 0 Å². The van der Waals surface area contributed by atoms with Gasteiger partial charge in [0.05, 0.1) is 17.0 Å². The highest BCUT2D eigenvalue weighted by Crippen LogP contribution is 2.36. The van der Waals surface area contributed by atoms with E-state index in [9.17, 15) is 21.6 Å². The highest BCUT2D eigenvalue weighted by atomic mass is 35.5. The molecule has 4 heterocycles. The number of imidazole rings is 1. The van der Waals surface area contributed by atoms with Gasteiger partial charge in [0.25, 0.3) is 0 Å². The molecule has 15 heteroatoms. The monoisotopic (exact) mass is 613 g/mol. The Kier molecular flexibility index (Phi) is 8.85. The predicted octanol–water partition coefficient (Wildman–Crippen LogP) is 4.11. The molecule has 0 unspecified atom stereocenters. The zero-order chi connectivity index (χ0) is 29.2. The van der Waals surface area contributed by atoms with Gasteiger partial charge in [0.15, 0.2) is 0 Å². The lowest BCUT2D eigenvalue weighted by atomic mass is 10.1. The first-order valence-corrected chi connectivity index (χ1v) is 15.5. The average Bonchev–Trinajstić information content (AvgIpc) is 3.42. The molecule has 0 aliphatic carbocycles. The lowest BCUT2D eigenvalue weighted by Gasteiger charge is -2.30. The van der Waals surface area contributed by atoms with Crippen LogP contribution in [0, 0.1) is 0 Å². The first-order chi connectivity index (χ1) is 19.5. The third kappa shape index (κ3) is 7.17. The number of aromatic nitrogens is 4. The van der Waals surface area contributed by atoms with Crippen LogP contribution < -0.4 is 10.6 Å². The number of anilines is 1. The van der Waals surface area contributed by atoms with E-state index in [1.165, 1.54) is 16.8 Å². The average molecular weight is 614 g/mol. The summed E-state index contributed by atoms with van der Waals surface area (Å²) in [6.07, 6.45) is 2.83. The van der Waals surface area contributed by atoms with Gasteiger partial charge in [0.1, 0.15) is 23.3 Å². The topological polar surface area (TPSA) is 114 Å². The van der Waals surface area contributed by atoms with Crippen LogP contribution in [0.1, 0.15) is 36.8 Å². The molecule has 222 valence electrons. The number of rotatable bonds is 8. The Morgan fingerprint density at radius 1 is 1.10 bits per heavy atom. The Bertz CT molecular complexity index is 1470. The molecule has 5 rings (SSSR count). The number of piperidine rings is 1. The van der Waals surface area contributed by atoms with Crippen LogP contribution in [0.25, 0.3) is 17.1 Å². The molecule has 2 N–H and O–H groups in total. The van der Waals surface area contributed by atoms with E-state index < -0.39 is 21.8 Å². The molecule has 0 saturated carbocycles. The van der Waals surface area contributed by atoms with Crippen molar-refractivity contribution in [3.8, 4) is 17.1 Å². The Balaban J connectivity index is 1.36. The van der Waals surface area contributed by atoms with Crippen LogP contribution >= 0.6 is 11.6 Å². The summed E-state index contributed by atoms with van der Waals surface area (Å²) in [5.41, 5.74) is 0.0700. The van der Waals surface area contributed by atoms with Crippen molar-refractivity contribution in [2.24, 2.45) is 0 Å². The van der Waals surface area contributed by atoms with Gasteiger partial charge in [0, 0.05) is 57.3 Å². The molecule has 0 atom stereocenters. The number of nitrogens with zero attached hydrogens (tertiary/aromatic N) is 5. The molecular formula is C26H31ClF3N7O3S. The van der Waals surface area contributed by atoms with Gasteiger partial charge in [-0.3, -0.25) is 0 Å². The van der Waals surface area contributed by atoms with Gasteiger partial charge >= 0.3 is 6.18 Å². The molecule has 2 aliphatic heterocycles. The standard InChI is InChI=1S/C26H31ClF3N7O3S/c1-41(38,39)37-9-5-19(6-10-37)34-25-32-14-20(26(28,29)30)24(35-25)21-15-36(16-33-21)22-4-2-3-17(23(22)27)13-31-18-7-11-40-12-8-18/h2-4,14-16,18-19,31H,5-13H2,1H3,(H,32,34,35). The second-order valence-corrected chi connectivity index (χ2v) is 12.6. The molecule has 1 aromatic carbocycles. The van der Waals surface area contributed by atoms with Gasteiger partial charge in [-0.2, -0.15) is 13.2 Å². The van der Waals surface area contributed by atoms with Crippen molar-refractivity contribution in [2.75, 3.05) is 37.9 Å². The zero-order valence-electron chi connectivity index (χ0n) is 22.4. The summed E-state index contributed by atoms with van der Waals surface area (Å²) in [4.78, 5) is 12.3. The van der Waals surface area contributed by atoms with E-state index in [-0.39, 0.29) is 23.4 Å². The number of hydrogen-bond acceptors (Lipinski definition) is 8. The molecule has 3 aromatic rings. The normalized spacial score (nSPS) is 18.1. The van der Waals surface area contributed by atoms with Crippen LogP contribution in [0.15, 0.2) is 36.9 Å². The summed E-state index contributed by atoms with van der Waals surface area (Å²) in [7, 11) is -3.30. The summed E-state index contributed by atoms with van der Waals surface area (Å²) in [6.45, 7) is 2.58. The molecule has 0 spiro atoms. The van der Waals surface area contributed by atoms with Crippen molar-refractivity contribution in [1.29, 1.82) is 0 Å². The summed E-state index contributed by atoms with van der Waals surface area (Å²) < 4.78 is 73.7. The van der Waals surface area contributed by atoms with E-state index in [0.29, 0.717) is 62.4 Å². The third-order valence-electron chi connectivity index (χ3n) is 7.31. The fraction of sp³-hybridized carbons (Fsp3) is 0.500. The highest BCUT2D eigenvalue weighted by Gasteiger charge is 2.36. The molecule has 2 aliphatic rings. The Labute approximate surface area is 241 Å². The van der Waals surface area contributed by atoms with Gasteiger partial charge in [-0.15, -0.1) is 0 Å². The van der Waals surface area contributed by atoms with Crippen LogP contribution in [-0.2, 0) is 27.5 Å². The number of hydrogen-bond donors (Lipinski definition) is 2. The second-order valence-electron chi connectivity index (χ2n) is 10.2. The minimum absolute atomic E-state index is 0.0106. The number of halogens is 4. The fourth-order valence-corrected chi connectivity index (χ4v) is 6.17. The molecule has 10 nitrogen and oxygen atoms in total. The Morgan fingerprint density at radius 2 is 1.83 bits per heavy atom.